The standard InChI is InChI=1S/C21H34N4O/c1-17(18(2)26)25-15-13-24(14-16-25)12-5-3-4-8-20-10-9-19-7-6-11-22-21(19)23-20/h9-10,17H,3-8,11-16H2,1-2H3,(H,22,23)/t17-/m1/s1. The van der Waals surface area contributed by atoms with Crippen LogP contribution in [0.3, 0.4) is 0 Å². The summed E-state index contributed by atoms with van der Waals surface area (Å²) in [6.07, 6.45) is 7.19. The minimum absolute atomic E-state index is 0.0794. The maximum atomic E-state index is 11.5. The number of fused-ring (bicyclic) bond motifs is 1. The Kier molecular flexibility index (Phi) is 7.03. The molecule has 3 rings (SSSR count). The number of carbonyl (C=O) groups excluding carboxylic acids is 1. The zero-order valence-corrected chi connectivity index (χ0v) is 16.5. The fourth-order valence-corrected chi connectivity index (χ4v) is 3.96. The lowest BCUT2D eigenvalue weighted by atomic mass is 10.1. The van der Waals surface area contributed by atoms with Crippen molar-refractivity contribution in [1.29, 1.82) is 0 Å². The molecule has 0 amide bonds. The molecule has 1 saturated heterocycles. The summed E-state index contributed by atoms with van der Waals surface area (Å²) in [7, 11) is 0. The van der Waals surface area contributed by atoms with E-state index in [0.29, 0.717) is 0 Å². The first kappa shape index (κ1) is 19.3. The molecule has 1 N–H and O–H groups in total. The van der Waals surface area contributed by atoms with E-state index in [4.69, 9.17) is 4.98 Å². The molecule has 5 heteroatoms. The predicted molar refractivity (Wildman–Crippen MR) is 107 cm³/mol. The lowest BCUT2D eigenvalue weighted by Gasteiger charge is -2.37. The number of Topliss-reactive ketones (excluding diaryl/α,β-unsaturated/α-hetero) is 1. The number of unbranched alkanes of at least 4 members (excludes halogenated alkanes) is 2. The van der Waals surface area contributed by atoms with Crippen LogP contribution in [0.1, 0.15) is 50.8 Å². The van der Waals surface area contributed by atoms with E-state index in [-0.39, 0.29) is 11.8 Å². The molecule has 1 aromatic heterocycles. The average Bonchev–Trinajstić information content (AvgIpc) is 2.67. The Bertz CT molecular complexity index is 596. The number of nitrogens with zero attached hydrogens (tertiary/aromatic N) is 3. The van der Waals surface area contributed by atoms with E-state index in [2.05, 4.69) is 27.2 Å². The quantitative estimate of drug-likeness (QED) is 0.724. The van der Waals surface area contributed by atoms with Crippen molar-refractivity contribution in [2.75, 3.05) is 44.6 Å². The van der Waals surface area contributed by atoms with E-state index in [1.807, 2.05) is 6.92 Å². The Labute approximate surface area is 158 Å². The largest absolute Gasteiger partial charge is 0.370 e. The van der Waals surface area contributed by atoms with Gasteiger partial charge in [0.1, 0.15) is 11.6 Å². The van der Waals surface area contributed by atoms with E-state index in [0.717, 1.165) is 51.4 Å². The summed E-state index contributed by atoms with van der Waals surface area (Å²) in [5, 5.41) is 3.42. The molecule has 3 heterocycles. The molecular weight excluding hydrogens is 324 g/mol. The summed E-state index contributed by atoms with van der Waals surface area (Å²) in [5.41, 5.74) is 2.60. The summed E-state index contributed by atoms with van der Waals surface area (Å²) in [5.74, 6) is 1.40. The fraction of sp³-hybridized carbons (Fsp3) is 0.714. The van der Waals surface area contributed by atoms with Crippen LogP contribution < -0.4 is 5.32 Å². The van der Waals surface area contributed by atoms with Gasteiger partial charge in [-0.1, -0.05) is 12.5 Å². The number of anilines is 1. The second-order valence-corrected chi connectivity index (χ2v) is 7.82. The smallest absolute Gasteiger partial charge is 0.146 e. The summed E-state index contributed by atoms with van der Waals surface area (Å²) < 4.78 is 0. The second-order valence-electron chi connectivity index (χ2n) is 7.82. The topological polar surface area (TPSA) is 48.5 Å². The molecule has 5 nitrogen and oxygen atoms in total. The number of ketones is 1. The van der Waals surface area contributed by atoms with Gasteiger partial charge in [0.2, 0.25) is 0 Å². The predicted octanol–water partition coefficient (Wildman–Crippen LogP) is 2.75. The minimum atomic E-state index is 0.0794. The normalized spacial score (nSPS) is 19.6. The summed E-state index contributed by atoms with van der Waals surface area (Å²) in [4.78, 5) is 21.1. The summed E-state index contributed by atoms with van der Waals surface area (Å²) in [6, 6.07) is 4.54. The number of rotatable bonds is 8. The van der Waals surface area contributed by atoms with Crippen LogP contribution in [0.25, 0.3) is 0 Å². The number of carbonyl (C=O) groups is 1. The van der Waals surface area contributed by atoms with Crippen molar-refractivity contribution in [2.24, 2.45) is 0 Å². The molecule has 0 bridgehead atoms. The third-order valence-corrected chi connectivity index (χ3v) is 5.90. The van der Waals surface area contributed by atoms with Gasteiger partial charge in [-0.3, -0.25) is 9.69 Å². The molecule has 1 aromatic rings. The van der Waals surface area contributed by atoms with Gasteiger partial charge >= 0.3 is 0 Å². The number of hydrogen-bond donors (Lipinski definition) is 1. The number of aryl methyl sites for hydroxylation is 2. The molecule has 1 atom stereocenters. The number of aromatic nitrogens is 1. The Balaban J connectivity index is 1.30. The molecule has 0 saturated carbocycles. The zero-order chi connectivity index (χ0) is 18.4. The average molecular weight is 359 g/mol. The Morgan fingerprint density at radius 3 is 2.77 bits per heavy atom. The van der Waals surface area contributed by atoms with Crippen molar-refractivity contribution in [3.63, 3.8) is 0 Å². The fourth-order valence-electron chi connectivity index (χ4n) is 3.96. The Morgan fingerprint density at radius 1 is 1.19 bits per heavy atom. The highest BCUT2D eigenvalue weighted by Crippen LogP contribution is 2.20. The van der Waals surface area contributed by atoms with E-state index >= 15 is 0 Å². The first-order valence-corrected chi connectivity index (χ1v) is 10.3. The lowest BCUT2D eigenvalue weighted by Crippen LogP contribution is -2.51. The third kappa shape index (κ3) is 5.27. The molecule has 0 aromatic carbocycles. The molecule has 1 fully saturated rings. The highest BCUT2D eigenvalue weighted by Gasteiger charge is 2.22. The van der Waals surface area contributed by atoms with Gasteiger partial charge in [-0.2, -0.15) is 0 Å². The van der Waals surface area contributed by atoms with Crippen molar-refractivity contribution in [3.05, 3.63) is 23.4 Å². The van der Waals surface area contributed by atoms with Gasteiger partial charge in [0.25, 0.3) is 0 Å². The molecule has 144 valence electrons. The van der Waals surface area contributed by atoms with E-state index in [9.17, 15) is 4.79 Å². The minimum Gasteiger partial charge on any atom is -0.370 e. The van der Waals surface area contributed by atoms with Crippen LogP contribution in [0.4, 0.5) is 5.82 Å². The van der Waals surface area contributed by atoms with Crippen molar-refractivity contribution in [3.8, 4) is 0 Å². The molecule has 2 aliphatic heterocycles. The third-order valence-electron chi connectivity index (χ3n) is 5.90. The van der Waals surface area contributed by atoms with Crippen LogP contribution in [0.5, 0.6) is 0 Å². The number of nitrogens with one attached hydrogen (secondary N) is 1. The monoisotopic (exact) mass is 358 g/mol. The maximum Gasteiger partial charge on any atom is 0.146 e. The van der Waals surface area contributed by atoms with Gasteiger partial charge in [0, 0.05) is 38.4 Å². The lowest BCUT2D eigenvalue weighted by molar-refractivity contribution is -0.122. The Morgan fingerprint density at radius 2 is 2.00 bits per heavy atom. The number of hydrogen-bond acceptors (Lipinski definition) is 5. The van der Waals surface area contributed by atoms with Crippen LogP contribution in [-0.4, -0.2) is 65.9 Å². The van der Waals surface area contributed by atoms with Gasteiger partial charge in [-0.15, -0.1) is 0 Å². The van der Waals surface area contributed by atoms with Crippen LogP contribution in [0.2, 0.25) is 0 Å². The molecule has 26 heavy (non-hydrogen) atoms. The van der Waals surface area contributed by atoms with Crippen LogP contribution in [0, 0.1) is 0 Å². The van der Waals surface area contributed by atoms with Gasteiger partial charge in [-0.25, -0.2) is 4.98 Å². The van der Waals surface area contributed by atoms with Crippen molar-refractivity contribution >= 4 is 11.6 Å². The molecule has 0 spiro atoms. The van der Waals surface area contributed by atoms with Gasteiger partial charge in [-0.05, 0) is 64.1 Å². The first-order chi connectivity index (χ1) is 12.6. The van der Waals surface area contributed by atoms with Gasteiger partial charge < -0.3 is 10.2 Å². The van der Waals surface area contributed by atoms with Gasteiger partial charge in [0.15, 0.2) is 0 Å². The molecule has 0 unspecified atom stereocenters. The van der Waals surface area contributed by atoms with Crippen molar-refractivity contribution < 1.29 is 4.79 Å². The number of piperazine rings is 1. The summed E-state index contributed by atoms with van der Waals surface area (Å²) in [6.45, 7) is 10.2. The SMILES string of the molecule is CC(=O)[C@@H](C)N1CCN(CCCCCc2ccc3c(n2)NCCC3)CC1. The second kappa shape index (κ2) is 9.47. The Hall–Kier alpha value is -1.46. The molecular formula is C21H34N4O. The van der Waals surface area contributed by atoms with E-state index in [1.54, 1.807) is 6.92 Å². The first-order valence-electron chi connectivity index (χ1n) is 10.3. The number of pyridine rings is 1. The molecule has 0 aliphatic carbocycles. The zero-order valence-electron chi connectivity index (χ0n) is 16.5. The van der Waals surface area contributed by atoms with Crippen LogP contribution in [-0.2, 0) is 17.6 Å². The van der Waals surface area contributed by atoms with Crippen molar-refractivity contribution in [2.45, 2.75) is 58.4 Å². The molecule has 0 radical (unpaired) electrons. The van der Waals surface area contributed by atoms with Crippen LogP contribution >= 0.6 is 0 Å². The molecule has 2 aliphatic rings. The van der Waals surface area contributed by atoms with Crippen molar-refractivity contribution in [1.82, 2.24) is 14.8 Å². The highest BCUT2D eigenvalue weighted by atomic mass is 16.1. The van der Waals surface area contributed by atoms with E-state index in [1.165, 1.54) is 43.5 Å². The van der Waals surface area contributed by atoms with Crippen LogP contribution in [0.15, 0.2) is 12.1 Å². The highest BCUT2D eigenvalue weighted by molar-refractivity contribution is 5.80. The van der Waals surface area contributed by atoms with E-state index < -0.39 is 0 Å². The maximum absolute atomic E-state index is 11.5. The summed E-state index contributed by atoms with van der Waals surface area (Å²) >= 11 is 0. The van der Waals surface area contributed by atoms with Gasteiger partial charge in [0.05, 0.1) is 6.04 Å².